The number of H-pyrrole nitrogens is 1. The zero-order valence-corrected chi connectivity index (χ0v) is 14.8. The van der Waals surface area contributed by atoms with Crippen LogP contribution in [0.3, 0.4) is 0 Å². The predicted octanol–water partition coefficient (Wildman–Crippen LogP) is 1.29. The van der Waals surface area contributed by atoms with Crippen LogP contribution in [0.25, 0.3) is 0 Å². The number of carbonyl (C=O) groups is 1. The fraction of sp³-hybridized carbons (Fsp3) is 0.529. The van der Waals surface area contributed by atoms with Crippen LogP contribution in [-0.2, 0) is 0 Å². The summed E-state index contributed by atoms with van der Waals surface area (Å²) in [7, 11) is 1.94. The van der Waals surface area contributed by atoms with Crippen LogP contribution < -0.4 is 10.5 Å². The van der Waals surface area contributed by atoms with Crippen molar-refractivity contribution < 1.29 is 4.79 Å². The van der Waals surface area contributed by atoms with Gasteiger partial charge in [-0.2, -0.15) is 10.2 Å². The van der Waals surface area contributed by atoms with Gasteiger partial charge in [0, 0.05) is 38.4 Å². The van der Waals surface area contributed by atoms with Gasteiger partial charge in [-0.25, -0.2) is 4.68 Å². The molecule has 3 heterocycles. The van der Waals surface area contributed by atoms with E-state index in [0.29, 0.717) is 18.8 Å². The molecule has 0 spiro atoms. The first-order chi connectivity index (χ1) is 12.0. The number of hydrogen-bond donors (Lipinski definition) is 1. The van der Waals surface area contributed by atoms with Gasteiger partial charge in [-0.15, -0.1) is 0 Å². The molecule has 25 heavy (non-hydrogen) atoms. The molecule has 1 atom stereocenters. The number of rotatable bonds is 4. The molecule has 1 amide bonds. The molecular formula is C17H24N6O2. The number of hydrogen-bond acceptors (Lipinski definition) is 5. The predicted molar refractivity (Wildman–Crippen MR) is 94.8 cm³/mol. The summed E-state index contributed by atoms with van der Waals surface area (Å²) in [6.07, 6.45) is 4.95. The van der Waals surface area contributed by atoms with Gasteiger partial charge >= 0.3 is 0 Å². The van der Waals surface area contributed by atoms with E-state index >= 15 is 0 Å². The summed E-state index contributed by atoms with van der Waals surface area (Å²) in [6, 6.07) is 3.45. The number of piperidine rings is 1. The number of anilines is 1. The number of nitrogens with zero attached hydrogens (tertiary/aromatic N) is 5. The smallest absolute Gasteiger partial charge is 0.271 e. The van der Waals surface area contributed by atoms with Gasteiger partial charge in [-0.3, -0.25) is 14.7 Å². The minimum Gasteiger partial charge on any atom is -0.371 e. The molecule has 1 fully saturated rings. The van der Waals surface area contributed by atoms with Gasteiger partial charge in [0.05, 0.1) is 17.9 Å². The minimum atomic E-state index is -0.133. The Kier molecular flexibility index (Phi) is 4.87. The van der Waals surface area contributed by atoms with E-state index in [0.717, 1.165) is 18.5 Å². The van der Waals surface area contributed by atoms with E-state index < -0.39 is 0 Å². The molecule has 134 valence electrons. The number of nitrogens with one attached hydrogen (secondary N) is 1. The van der Waals surface area contributed by atoms with Crippen molar-refractivity contribution in [1.82, 2.24) is 24.9 Å². The molecule has 1 unspecified atom stereocenters. The Hall–Kier alpha value is -2.64. The van der Waals surface area contributed by atoms with Crippen LogP contribution in [0.4, 0.5) is 5.69 Å². The van der Waals surface area contributed by atoms with Gasteiger partial charge in [-0.1, -0.05) is 0 Å². The number of amides is 1. The standard InChI is InChI=1S/C17H24N6O2/c1-12(2)21(3)14-9-16(24)23(19-10-14)13-5-4-8-22(11-13)17(25)15-6-7-18-20-15/h6-7,9-10,12-13H,4-5,8,11H2,1-3H3,(H,18,20). The van der Waals surface area contributed by atoms with Crippen molar-refractivity contribution in [3.63, 3.8) is 0 Å². The molecule has 0 aromatic carbocycles. The fourth-order valence-electron chi connectivity index (χ4n) is 3.06. The van der Waals surface area contributed by atoms with Crippen molar-refractivity contribution >= 4 is 11.6 Å². The first kappa shape index (κ1) is 17.2. The second-order valence-electron chi connectivity index (χ2n) is 6.72. The summed E-state index contributed by atoms with van der Waals surface area (Å²) >= 11 is 0. The van der Waals surface area contributed by atoms with Crippen molar-refractivity contribution in [1.29, 1.82) is 0 Å². The largest absolute Gasteiger partial charge is 0.371 e. The maximum atomic E-state index is 12.5. The summed E-state index contributed by atoms with van der Waals surface area (Å²) in [4.78, 5) is 28.8. The highest BCUT2D eigenvalue weighted by Crippen LogP contribution is 2.21. The fourth-order valence-corrected chi connectivity index (χ4v) is 3.06. The Morgan fingerprint density at radius 3 is 2.88 bits per heavy atom. The Bertz CT molecular complexity index is 783. The molecule has 1 aliphatic heterocycles. The molecular weight excluding hydrogens is 320 g/mol. The van der Waals surface area contributed by atoms with Gasteiger partial charge in [0.15, 0.2) is 0 Å². The highest BCUT2D eigenvalue weighted by molar-refractivity contribution is 5.92. The second kappa shape index (κ2) is 7.08. The van der Waals surface area contributed by atoms with Gasteiger partial charge < -0.3 is 9.80 Å². The molecule has 8 nitrogen and oxygen atoms in total. The minimum absolute atomic E-state index is 0.0913. The lowest BCUT2D eigenvalue weighted by atomic mass is 10.1. The molecule has 1 aliphatic rings. The van der Waals surface area contributed by atoms with E-state index in [1.807, 2.05) is 11.9 Å². The quantitative estimate of drug-likeness (QED) is 0.903. The van der Waals surface area contributed by atoms with Crippen molar-refractivity contribution in [2.75, 3.05) is 25.0 Å². The van der Waals surface area contributed by atoms with Crippen LogP contribution >= 0.6 is 0 Å². The van der Waals surface area contributed by atoms with E-state index in [9.17, 15) is 9.59 Å². The number of likely N-dealkylation sites (tertiary alicyclic amines) is 1. The van der Waals surface area contributed by atoms with Gasteiger partial charge in [0.2, 0.25) is 0 Å². The SMILES string of the molecule is CC(C)N(C)c1cnn(C2CCCN(C(=O)c3ccn[nH]3)C2)c(=O)c1. The Labute approximate surface area is 146 Å². The summed E-state index contributed by atoms with van der Waals surface area (Å²) in [5.41, 5.74) is 1.14. The third kappa shape index (κ3) is 3.57. The van der Waals surface area contributed by atoms with Crippen LogP contribution in [0.15, 0.2) is 29.3 Å². The van der Waals surface area contributed by atoms with Gasteiger partial charge in [-0.05, 0) is 32.8 Å². The van der Waals surface area contributed by atoms with E-state index in [4.69, 9.17) is 0 Å². The topological polar surface area (TPSA) is 87.1 Å². The Morgan fingerprint density at radius 1 is 1.44 bits per heavy atom. The zero-order chi connectivity index (χ0) is 18.0. The van der Waals surface area contributed by atoms with Crippen LogP contribution in [-0.4, -0.2) is 57.0 Å². The normalized spacial score (nSPS) is 17.8. The van der Waals surface area contributed by atoms with Crippen LogP contribution in [0.2, 0.25) is 0 Å². The average Bonchev–Trinajstić information content (AvgIpc) is 3.15. The molecule has 2 aromatic heterocycles. The summed E-state index contributed by atoms with van der Waals surface area (Å²) in [6.45, 7) is 5.28. The second-order valence-corrected chi connectivity index (χ2v) is 6.72. The number of aromatic amines is 1. The molecule has 0 aliphatic carbocycles. The van der Waals surface area contributed by atoms with Crippen molar-refractivity contribution in [2.24, 2.45) is 0 Å². The van der Waals surface area contributed by atoms with Gasteiger partial charge in [0.25, 0.3) is 11.5 Å². The third-order valence-corrected chi connectivity index (χ3v) is 4.75. The van der Waals surface area contributed by atoms with Crippen molar-refractivity contribution in [3.8, 4) is 0 Å². The first-order valence-electron chi connectivity index (χ1n) is 8.57. The average molecular weight is 344 g/mol. The lowest BCUT2D eigenvalue weighted by molar-refractivity contribution is 0.0664. The summed E-state index contributed by atoms with van der Waals surface area (Å²) < 4.78 is 1.50. The van der Waals surface area contributed by atoms with Crippen LogP contribution in [0.5, 0.6) is 0 Å². The number of carbonyl (C=O) groups excluding carboxylic acids is 1. The van der Waals surface area contributed by atoms with Crippen molar-refractivity contribution in [2.45, 2.75) is 38.8 Å². The molecule has 8 heteroatoms. The Morgan fingerprint density at radius 2 is 2.24 bits per heavy atom. The van der Waals surface area contributed by atoms with E-state index in [-0.39, 0.29) is 23.6 Å². The van der Waals surface area contributed by atoms with E-state index in [1.165, 1.54) is 4.68 Å². The van der Waals surface area contributed by atoms with E-state index in [2.05, 4.69) is 29.1 Å². The summed E-state index contributed by atoms with van der Waals surface area (Å²) in [5.74, 6) is -0.0913. The van der Waals surface area contributed by atoms with Gasteiger partial charge in [0.1, 0.15) is 5.69 Å². The molecule has 0 bridgehead atoms. The maximum Gasteiger partial charge on any atom is 0.271 e. The lowest BCUT2D eigenvalue weighted by Gasteiger charge is -2.33. The molecule has 0 saturated carbocycles. The molecule has 0 radical (unpaired) electrons. The highest BCUT2D eigenvalue weighted by Gasteiger charge is 2.27. The zero-order valence-electron chi connectivity index (χ0n) is 14.8. The maximum absolute atomic E-state index is 12.5. The molecule has 1 saturated heterocycles. The van der Waals surface area contributed by atoms with E-state index in [1.54, 1.807) is 29.4 Å². The highest BCUT2D eigenvalue weighted by atomic mass is 16.2. The molecule has 3 rings (SSSR count). The molecule has 2 aromatic rings. The Balaban J connectivity index is 1.77. The lowest BCUT2D eigenvalue weighted by Crippen LogP contribution is -2.43. The van der Waals surface area contributed by atoms with Crippen LogP contribution in [0, 0.1) is 0 Å². The summed E-state index contributed by atoms with van der Waals surface area (Å²) in [5, 5.41) is 10.9. The third-order valence-electron chi connectivity index (χ3n) is 4.75. The van der Waals surface area contributed by atoms with Crippen LogP contribution in [0.1, 0.15) is 43.2 Å². The number of aromatic nitrogens is 4. The van der Waals surface area contributed by atoms with Crippen molar-refractivity contribution in [3.05, 3.63) is 40.6 Å². The molecule has 1 N–H and O–H groups in total. The monoisotopic (exact) mass is 344 g/mol. The first-order valence-corrected chi connectivity index (χ1v) is 8.57.